The van der Waals surface area contributed by atoms with Gasteiger partial charge in [-0.2, -0.15) is 0 Å². The van der Waals surface area contributed by atoms with Gasteiger partial charge in [-0.25, -0.2) is 19.3 Å². The van der Waals surface area contributed by atoms with Crippen molar-refractivity contribution >= 4 is 11.7 Å². The van der Waals surface area contributed by atoms with Crippen molar-refractivity contribution in [1.29, 1.82) is 0 Å². The molecule has 0 unspecified atom stereocenters. The maximum Gasteiger partial charge on any atom is 0.271 e. The molecule has 0 bridgehead atoms. The van der Waals surface area contributed by atoms with Crippen molar-refractivity contribution in [1.82, 2.24) is 24.8 Å². The number of halogens is 1. The van der Waals surface area contributed by atoms with Gasteiger partial charge in [0.15, 0.2) is 0 Å². The number of benzene rings is 1. The molecule has 7 nitrogen and oxygen atoms in total. The van der Waals surface area contributed by atoms with E-state index in [-0.39, 0.29) is 24.0 Å². The highest BCUT2D eigenvalue weighted by molar-refractivity contribution is 5.92. The maximum atomic E-state index is 13.6. The quantitative estimate of drug-likeness (QED) is 0.766. The fraction of sp³-hybridized carbons (Fsp3) is 0.176. The summed E-state index contributed by atoms with van der Waals surface area (Å²) in [4.78, 5) is 26.5. The summed E-state index contributed by atoms with van der Waals surface area (Å²) < 4.78 is 15.2. The van der Waals surface area contributed by atoms with E-state index in [1.807, 2.05) is 19.0 Å². The SMILES string of the molecule is CN(C)c1cc(-n2cnc(C(=O)NCc3ccccc3F)c2)ncn1. The molecule has 0 atom stereocenters. The van der Waals surface area contributed by atoms with Crippen molar-refractivity contribution < 1.29 is 9.18 Å². The summed E-state index contributed by atoms with van der Waals surface area (Å²) in [7, 11) is 3.75. The van der Waals surface area contributed by atoms with Crippen LogP contribution >= 0.6 is 0 Å². The second-order valence-corrected chi connectivity index (χ2v) is 5.57. The van der Waals surface area contributed by atoms with Crippen LogP contribution in [-0.4, -0.2) is 39.5 Å². The normalized spacial score (nSPS) is 10.5. The van der Waals surface area contributed by atoms with Gasteiger partial charge in [0.25, 0.3) is 5.91 Å². The van der Waals surface area contributed by atoms with E-state index in [2.05, 4.69) is 20.3 Å². The third kappa shape index (κ3) is 3.79. The fourth-order valence-electron chi connectivity index (χ4n) is 2.20. The Morgan fingerprint density at radius 2 is 2.04 bits per heavy atom. The van der Waals surface area contributed by atoms with Crippen LogP contribution in [0.4, 0.5) is 10.2 Å². The molecule has 2 heterocycles. The maximum absolute atomic E-state index is 13.6. The Morgan fingerprint density at radius 1 is 1.24 bits per heavy atom. The molecule has 25 heavy (non-hydrogen) atoms. The first-order valence-corrected chi connectivity index (χ1v) is 7.60. The average Bonchev–Trinajstić information content (AvgIpc) is 3.11. The Morgan fingerprint density at radius 3 is 2.80 bits per heavy atom. The second-order valence-electron chi connectivity index (χ2n) is 5.57. The molecule has 0 aliphatic carbocycles. The van der Waals surface area contributed by atoms with Crippen LogP contribution in [0.3, 0.4) is 0 Å². The zero-order chi connectivity index (χ0) is 17.8. The number of aromatic nitrogens is 4. The first-order chi connectivity index (χ1) is 12.0. The molecule has 0 saturated carbocycles. The van der Waals surface area contributed by atoms with Crippen LogP contribution in [-0.2, 0) is 6.54 Å². The van der Waals surface area contributed by atoms with Crippen LogP contribution in [0.1, 0.15) is 16.1 Å². The van der Waals surface area contributed by atoms with Gasteiger partial charge in [0.2, 0.25) is 0 Å². The summed E-state index contributed by atoms with van der Waals surface area (Å²) >= 11 is 0. The predicted molar refractivity (Wildman–Crippen MR) is 91.1 cm³/mol. The number of nitrogens with one attached hydrogen (secondary N) is 1. The number of hydrogen-bond donors (Lipinski definition) is 1. The minimum absolute atomic E-state index is 0.0939. The molecule has 0 saturated heterocycles. The number of imidazole rings is 1. The minimum Gasteiger partial charge on any atom is -0.363 e. The van der Waals surface area contributed by atoms with Gasteiger partial charge in [-0.05, 0) is 6.07 Å². The van der Waals surface area contributed by atoms with Gasteiger partial charge in [0.1, 0.15) is 35.8 Å². The number of amides is 1. The molecule has 0 aliphatic rings. The van der Waals surface area contributed by atoms with Gasteiger partial charge in [0, 0.05) is 38.5 Å². The van der Waals surface area contributed by atoms with Crippen molar-refractivity contribution in [2.24, 2.45) is 0 Å². The average molecular weight is 340 g/mol. The molecule has 1 N–H and O–H groups in total. The van der Waals surface area contributed by atoms with Gasteiger partial charge in [-0.15, -0.1) is 0 Å². The molecule has 1 aromatic carbocycles. The Labute approximate surface area is 144 Å². The Balaban J connectivity index is 1.71. The molecule has 2 aromatic heterocycles. The molecule has 1 amide bonds. The predicted octanol–water partition coefficient (Wildman–Crippen LogP) is 1.80. The number of anilines is 1. The van der Waals surface area contributed by atoms with E-state index in [4.69, 9.17) is 0 Å². The van der Waals surface area contributed by atoms with Crippen molar-refractivity contribution in [3.8, 4) is 5.82 Å². The van der Waals surface area contributed by atoms with E-state index < -0.39 is 0 Å². The number of nitrogens with zero attached hydrogens (tertiary/aromatic N) is 5. The third-order valence-electron chi connectivity index (χ3n) is 3.57. The van der Waals surface area contributed by atoms with Gasteiger partial charge < -0.3 is 10.2 Å². The first kappa shape index (κ1) is 16.6. The standard InChI is InChI=1S/C17H17FN6O/c1-23(2)15-7-16(21-10-20-15)24-9-14(22-11-24)17(25)19-8-12-5-3-4-6-13(12)18/h3-7,9-11H,8H2,1-2H3,(H,19,25). The largest absolute Gasteiger partial charge is 0.363 e. The molecule has 0 radical (unpaired) electrons. The summed E-state index contributed by atoms with van der Waals surface area (Å²) in [6.45, 7) is 0.0939. The number of carbonyl (C=O) groups is 1. The molecular formula is C17H17FN6O. The van der Waals surface area contributed by atoms with Crippen molar-refractivity contribution in [2.75, 3.05) is 19.0 Å². The Bertz CT molecular complexity index is 892. The van der Waals surface area contributed by atoms with Crippen LogP contribution < -0.4 is 10.2 Å². The summed E-state index contributed by atoms with van der Waals surface area (Å²) in [5.41, 5.74) is 0.642. The molecule has 0 aliphatic heterocycles. The van der Waals surface area contributed by atoms with Gasteiger partial charge in [0.05, 0.1) is 0 Å². The van der Waals surface area contributed by atoms with E-state index in [1.54, 1.807) is 35.0 Å². The molecule has 3 rings (SSSR count). The van der Waals surface area contributed by atoms with Gasteiger partial charge in [-0.3, -0.25) is 9.36 Å². The molecule has 3 aromatic rings. The van der Waals surface area contributed by atoms with Crippen LogP contribution in [0.5, 0.6) is 0 Å². The van der Waals surface area contributed by atoms with Crippen LogP contribution in [0.25, 0.3) is 5.82 Å². The number of carbonyl (C=O) groups excluding carboxylic acids is 1. The lowest BCUT2D eigenvalue weighted by molar-refractivity contribution is 0.0946. The molecule has 0 spiro atoms. The zero-order valence-electron chi connectivity index (χ0n) is 13.8. The lowest BCUT2D eigenvalue weighted by Crippen LogP contribution is -2.23. The first-order valence-electron chi connectivity index (χ1n) is 7.60. The van der Waals surface area contributed by atoms with Gasteiger partial charge >= 0.3 is 0 Å². The highest BCUT2D eigenvalue weighted by atomic mass is 19.1. The van der Waals surface area contributed by atoms with E-state index in [0.29, 0.717) is 11.4 Å². The monoisotopic (exact) mass is 340 g/mol. The summed E-state index contributed by atoms with van der Waals surface area (Å²) in [6, 6.07) is 8.08. The molecule has 0 fully saturated rings. The van der Waals surface area contributed by atoms with E-state index in [1.165, 1.54) is 18.7 Å². The summed E-state index contributed by atoms with van der Waals surface area (Å²) in [6.07, 6.45) is 4.51. The minimum atomic E-state index is -0.385. The third-order valence-corrected chi connectivity index (χ3v) is 3.57. The van der Waals surface area contributed by atoms with Gasteiger partial charge in [-0.1, -0.05) is 18.2 Å². The second kappa shape index (κ2) is 7.08. The number of hydrogen-bond acceptors (Lipinski definition) is 5. The fourth-order valence-corrected chi connectivity index (χ4v) is 2.20. The van der Waals surface area contributed by atoms with Crippen LogP contribution in [0.15, 0.2) is 49.2 Å². The zero-order valence-corrected chi connectivity index (χ0v) is 13.8. The van der Waals surface area contributed by atoms with Crippen molar-refractivity contribution in [2.45, 2.75) is 6.54 Å². The lowest BCUT2D eigenvalue weighted by atomic mass is 10.2. The molecule has 128 valence electrons. The van der Waals surface area contributed by atoms with E-state index >= 15 is 0 Å². The lowest BCUT2D eigenvalue weighted by Gasteiger charge is -2.11. The Hall–Kier alpha value is -3.29. The smallest absolute Gasteiger partial charge is 0.271 e. The van der Waals surface area contributed by atoms with Crippen molar-refractivity contribution in [3.05, 3.63) is 66.3 Å². The molecule has 8 heteroatoms. The summed E-state index contributed by atoms with van der Waals surface area (Å²) in [5.74, 6) is 0.595. The van der Waals surface area contributed by atoms with Crippen LogP contribution in [0.2, 0.25) is 0 Å². The molecular weight excluding hydrogens is 323 g/mol. The number of rotatable bonds is 5. The van der Waals surface area contributed by atoms with E-state index in [0.717, 1.165) is 5.82 Å². The van der Waals surface area contributed by atoms with E-state index in [9.17, 15) is 9.18 Å². The van der Waals surface area contributed by atoms with Crippen LogP contribution in [0, 0.1) is 5.82 Å². The Kier molecular flexibility index (Phi) is 4.69. The topological polar surface area (TPSA) is 75.9 Å². The van der Waals surface area contributed by atoms with Crippen molar-refractivity contribution in [3.63, 3.8) is 0 Å². The highest BCUT2D eigenvalue weighted by Crippen LogP contribution is 2.12. The highest BCUT2D eigenvalue weighted by Gasteiger charge is 2.12. The summed E-state index contributed by atoms with van der Waals surface area (Å²) in [5, 5.41) is 2.65.